The molecule has 3 heteroatoms. The molecule has 1 fully saturated rings. The smallest absolute Gasteiger partial charge is 0.310 e. The summed E-state index contributed by atoms with van der Waals surface area (Å²) in [6, 6.07) is 0. The lowest BCUT2D eigenvalue weighted by molar-refractivity contribution is -0.139. The predicted molar refractivity (Wildman–Crippen MR) is 62.7 cm³/mol. The van der Waals surface area contributed by atoms with Gasteiger partial charge in [0.05, 0.1) is 20.6 Å². The Balaban J connectivity index is 2.72. The van der Waals surface area contributed by atoms with Crippen LogP contribution in [0.4, 0.5) is 0 Å². The second kappa shape index (κ2) is 5.54. The Morgan fingerprint density at radius 3 is 2.38 bits per heavy atom. The number of ether oxygens (including phenoxy) is 2. The van der Waals surface area contributed by atoms with Crippen molar-refractivity contribution in [2.45, 2.75) is 19.3 Å². The van der Waals surface area contributed by atoms with E-state index in [0.29, 0.717) is 11.7 Å². The van der Waals surface area contributed by atoms with E-state index in [1.807, 2.05) is 6.08 Å². The molecule has 0 unspecified atom stereocenters. The highest BCUT2D eigenvalue weighted by molar-refractivity contribution is 5.73. The van der Waals surface area contributed by atoms with Crippen molar-refractivity contribution >= 4 is 5.97 Å². The third kappa shape index (κ3) is 3.57. The fourth-order valence-corrected chi connectivity index (χ4v) is 1.38. The zero-order chi connectivity index (χ0) is 12.1. The van der Waals surface area contributed by atoms with E-state index < -0.39 is 0 Å². The molecule has 0 aromatic heterocycles. The van der Waals surface area contributed by atoms with Crippen LogP contribution in [-0.4, -0.2) is 20.2 Å². The van der Waals surface area contributed by atoms with Crippen LogP contribution in [0.3, 0.4) is 0 Å². The van der Waals surface area contributed by atoms with E-state index in [2.05, 4.69) is 17.9 Å². The summed E-state index contributed by atoms with van der Waals surface area (Å²) < 4.78 is 9.67. The number of esters is 1. The van der Waals surface area contributed by atoms with Gasteiger partial charge in [-0.2, -0.15) is 0 Å². The molecular formula is C13H18O3. The lowest BCUT2D eigenvalue weighted by Crippen LogP contribution is -2.04. The SMILES string of the molecule is C=C(OC)/C(=C\C(=C)C1CC1)CC(=O)OC. The second-order valence-corrected chi connectivity index (χ2v) is 3.90. The number of rotatable bonds is 6. The molecule has 0 bridgehead atoms. The van der Waals surface area contributed by atoms with Crippen molar-refractivity contribution in [1.82, 2.24) is 0 Å². The Hall–Kier alpha value is -1.51. The standard InChI is InChI=1S/C13H18O3/c1-9(11-5-6-11)7-12(10(2)15-3)8-13(14)16-4/h7,11H,1-2,5-6,8H2,3-4H3/b12-7-. The van der Waals surface area contributed by atoms with Gasteiger partial charge in [-0.1, -0.05) is 24.8 Å². The van der Waals surface area contributed by atoms with Crippen molar-refractivity contribution in [2.75, 3.05) is 14.2 Å². The number of hydrogen-bond donors (Lipinski definition) is 0. The summed E-state index contributed by atoms with van der Waals surface area (Å²) in [5, 5.41) is 0. The van der Waals surface area contributed by atoms with Gasteiger partial charge in [0.2, 0.25) is 0 Å². The quantitative estimate of drug-likeness (QED) is 0.393. The first kappa shape index (κ1) is 12.6. The first-order chi connectivity index (χ1) is 7.58. The summed E-state index contributed by atoms with van der Waals surface area (Å²) in [5.41, 5.74) is 1.78. The molecule has 0 amide bonds. The van der Waals surface area contributed by atoms with Crippen LogP contribution >= 0.6 is 0 Å². The van der Waals surface area contributed by atoms with Crippen LogP contribution in [0.25, 0.3) is 0 Å². The van der Waals surface area contributed by atoms with E-state index in [-0.39, 0.29) is 12.4 Å². The molecule has 88 valence electrons. The van der Waals surface area contributed by atoms with Crippen LogP contribution in [0.5, 0.6) is 0 Å². The number of hydrogen-bond acceptors (Lipinski definition) is 3. The largest absolute Gasteiger partial charge is 0.497 e. The molecule has 0 N–H and O–H groups in total. The van der Waals surface area contributed by atoms with E-state index in [4.69, 9.17) is 4.74 Å². The third-order valence-electron chi connectivity index (χ3n) is 2.63. The zero-order valence-corrected chi connectivity index (χ0v) is 9.91. The normalized spacial score (nSPS) is 15.5. The summed E-state index contributed by atoms with van der Waals surface area (Å²) in [6.45, 7) is 7.74. The average Bonchev–Trinajstić information content (AvgIpc) is 3.10. The van der Waals surface area contributed by atoms with E-state index in [1.54, 1.807) is 0 Å². The lowest BCUT2D eigenvalue weighted by Gasteiger charge is -2.09. The number of carbonyl (C=O) groups is 1. The highest BCUT2D eigenvalue weighted by Crippen LogP contribution is 2.37. The maximum absolute atomic E-state index is 11.2. The van der Waals surface area contributed by atoms with Crippen LogP contribution in [0.15, 0.2) is 36.1 Å². The number of methoxy groups -OCH3 is 2. The molecule has 0 aromatic rings. The topological polar surface area (TPSA) is 35.5 Å². The van der Waals surface area contributed by atoms with Gasteiger partial charge < -0.3 is 9.47 Å². The fourth-order valence-electron chi connectivity index (χ4n) is 1.38. The first-order valence-corrected chi connectivity index (χ1v) is 5.28. The Morgan fingerprint density at radius 1 is 1.31 bits per heavy atom. The minimum atomic E-state index is -0.298. The van der Waals surface area contributed by atoms with Crippen molar-refractivity contribution < 1.29 is 14.3 Å². The van der Waals surface area contributed by atoms with Crippen LogP contribution in [0.1, 0.15) is 19.3 Å². The third-order valence-corrected chi connectivity index (χ3v) is 2.63. The van der Waals surface area contributed by atoms with Crippen molar-refractivity contribution in [3.8, 4) is 0 Å². The molecule has 1 aliphatic carbocycles. The number of allylic oxidation sites excluding steroid dienone is 3. The van der Waals surface area contributed by atoms with E-state index in [1.165, 1.54) is 27.1 Å². The highest BCUT2D eigenvalue weighted by Gasteiger charge is 2.24. The predicted octanol–water partition coefficient (Wildman–Crippen LogP) is 2.60. The molecule has 16 heavy (non-hydrogen) atoms. The molecule has 0 aliphatic heterocycles. The minimum Gasteiger partial charge on any atom is -0.497 e. The summed E-state index contributed by atoms with van der Waals surface area (Å²) in [7, 11) is 2.90. The van der Waals surface area contributed by atoms with Gasteiger partial charge >= 0.3 is 5.97 Å². The summed E-state index contributed by atoms with van der Waals surface area (Å²) in [6.07, 6.45) is 4.43. The Kier molecular flexibility index (Phi) is 4.35. The maximum Gasteiger partial charge on any atom is 0.310 e. The van der Waals surface area contributed by atoms with Crippen molar-refractivity contribution in [1.29, 1.82) is 0 Å². The van der Waals surface area contributed by atoms with Gasteiger partial charge in [0.1, 0.15) is 5.76 Å². The second-order valence-electron chi connectivity index (χ2n) is 3.90. The first-order valence-electron chi connectivity index (χ1n) is 5.28. The van der Waals surface area contributed by atoms with Crippen molar-refractivity contribution in [2.24, 2.45) is 5.92 Å². The van der Waals surface area contributed by atoms with Crippen LogP contribution in [-0.2, 0) is 14.3 Å². The molecule has 0 heterocycles. The lowest BCUT2D eigenvalue weighted by atomic mass is 10.1. The molecule has 1 saturated carbocycles. The van der Waals surface area contributed by atoms with Crippen LogP contribution < -0.4 is 0 Å². The highest BCUT2D eigenvalue weighted by atomic mass is 16.5. The van der Waals surface area contributed by atoms with Gasteiger partial charge in [0.15, 0.2) is 0 Å². The maximum atomic E-state index is 11.2. The molecule has 0 saturated heterocycles. The zero-order valence-electron chi connectivity index (χ0n) is 9.91. The molecule has 1 aliphatic rings. The monoisotopic (exact) mass is 222 g/mol. The van der Waals surface area contributed by atoms with E-state index >= 15 is 0 Å². The van der Waals surface area contributed by atoms with Gasteiger partial charge in [-0.25, -0.2) is 0 Å². The summed E-state index contributed by atoms with van der Waals surface area (Å²) in [5.74, 6) is 0.762. The fraction of sp³-hybridized carbons (Fsp3) is 0.462. The van der Waals surface area contributed by atoms with Gasteiger partial charge in [-0.15, -0.1) is 0 Å². The van der Waals surface area contributed by atoms with Crippen LogP contribution in [0, 0.1) is 5.92 Å². The molecule has 1 rings (SSSR count). The average molecular weight is 222 g/mol. The molecule has 0 spiro atoms. The van der Waals surface area contributed by atoms with Gasteiger partial charge in [-0.3, -0.25) is 4.79 Å². The van der Waals surface area contributed by atoms with Crippen molar-refractivity contribution in [3.05, 3.63) is 36.1 Å². The van der Waals surface area contributed by atoms with Gasteiger partial charge in [-0.05, 0) is 18.8 Å². The Bertz CT molecular complexity index is 335. The molecule has 0 radical (unpaired) electrons. The van der Waals surface area contributed by atoms with E-state index in [9.17, 15) is 4.79 Å². The number of carbonyl (C=O) groups excluding carboxylic acids is 1. The molecule has 0 aromatic carbocycles. The van der Waals surface area contributed by atoms with Crippen molar-refractivity contribution in [3.63, 3.8) is 0 Å². The Morgan fingerprint density at radius 2 is 1.94 bits per heavy atom. The summed E-state index contributed by atoms with van der Waals surface area (Å²) in [4.78, 5) is 11.2. The minimum absolute atomic E-state index is 0.176. The molecular weight excluding hydrogens is 204 g/mol. The van der Waals surface area contributed by atoms with Gasteiger partial charge in [0, 0.05) is 5.57 Å². The molecule has 0 atom stereocenters. The Labute approximate surface area is 96.4 Å². The van der Waals surface area contributed by atoms with E-state index in [0.717, 1.165) is 11.1 Å². The van der Waals surface area contributed by atoms with Crippen LogP contribution in [0.2, 0.25) is 0 Å². The summed E-state index contributed by atoms with van der Waals surface area (Å²) >= 11 is 0. The van der Waals surface area contributed by atoms with Gasteiger partial charge in [0.25, 0.3) is 0 Å². The molecule has 3 nitrogen and oxygen atoms in total.